The molecule has 0 aliphatic heterocycles. The second-order valence-corrected chi connectivity index (χ2v) is 5.33. The van der Waals surface area contributed by atoms with Crippen molar-refractivity contribution in [3.05, 3.63) is 53.4 Å². The van der Waals surface area contributed by atoms with Crippen molar-refractivity contribution in [2.45, 2.75) is 13.0 Å². The molecule has 1 aromatic carbocycles. The van der Waals surface area contributed by atoms with Gasteiger partial charge in [0.25, 0.3) is 5.91 Å². The number of ether oxygens (including phenoxy) is 1. The highest BCUT2D eigenvalue weighted by atomic mass is 35.5. The highest BCUT2D eigenvalue weighted by Gasteiger charge is 2.13. The van der Waals surface area contributed by atoms with Crippen LogP contribution >= 0.6 is 11.6 Å². The van der Waals surface area contributed by atoms with E-state index in [9.17, 15) is 4.79 Å². The van der Waals surface area contributed by atoms with E-state index in [1.807, 2.05) is 24.4 Å². The zero-order valence-electron chi connectivity index (χ0n) is 12.4. The molecule has 0 aliphatic rings. The summed E-state index contributed by atoms with van der Waals surface area (Å²) in [5.74, 6) is 1.56. The molecule has 2 rings (SSSR count). The lowest BCUT2D eigenvalue weighted by molar-refractivity contribution is -0.684. The van der Waals surface area contributed by atoms with Crippen LogP contribution in [0.1, 0.15) is 18.7 Å². The summed E-state index contributed by atoms with van der Waals surface area (Å²) < 4.78 is 10.8. The lowest BCUT2D eigenvalue weighted by atomic mass is 10.2. The van der Waals surface area contributed by atoms with Gasteiger partial charge in [0.2, 0.25) is 0 Å². The molecule has 0 spiro atoms. The molecule has 0 saturated carbocycles. The third-order valence-electron chi connectivity index (χ3n) is 3.16. The van der Waals surface area contributed by atoms with E-state index in [1.54, 1.807) is 30.5 Å². The molecule has 0 fully saturated rings. The van der Waals surface area contributed by atoms with Crippen molar-refractivity contribution in [1.82, 2.24) is 5.32 Å². The van der Waals surface area contributed by atoms with Crippen LogP contribution in [0.5, 0.6) is 5.75 Å². The van der Waals surface area contributed by atoms with Gasteiger partial charge in [0.1, 0.15) is 18.4 Å². The number of hydrogen-bond donors (Lipinski definition) is 2. The minimum absolute atomic E-state index is 0.0295. The first-order chi connectivity index (χ1) is 10.6. The minimum Gasteiger partial charge on any atom is -0.492 e. The van der Waals surface area contributed by atoms with Crippen LogP contribution in [0.4, 0.5) is 0 Å². The molecule has 0 saturated heterocycles. The largest absolute Gasteiger partial charge is 0.492 e. The molecule has 22 heavy (non-hydrogen) atoms. The molecule has 0 unspecified atom stereocenters. The van der Waals surface area contributed by atoms with E-state index in [2.05, 4.69) is 5.32 Å². The van der Waals surface area contributed by atoms with Gasteiger partial charge in [-0.15, -0.1) is 0 Å². The number of benzene rings is 1. The monoisotopic (exact) mass is 323 g/mol. The molecule has 2 aromatic rings. The van der Waals surface area contributed by atoms with Gasteiger partial charge < -0.3 is 19.8 Å². The second-order valence-electron chi connectivity index (χ2n) is 4.90. The Morgan fingerprint density at radius 2 is 2.14 bits per heavy atom. The zero-order chi connectivity index (χ0) is 15.8. The molecule has 3 N–H and O–H groups in total. The van der Waals surface area contributed by atoms with Crippen molar-refractivity contribution in [3.63, 3.8) is 0 Å². The average molecular weight is 324 g/mol. The molecule has 5 nitrogen and oxygen atoms in total. The molecule has 0 radical (unpaired) electrons. The summed E-state index contributed by atoms with van der Waals surface area (Å²) >= 11 is 5.79. The number of halogens is 1. The molecule has 118 valence electrons. The first-order valence-electron chi connectivity index (χ1n) is 7.17. The van der Waals surface area contributed by atoms with Crippen molar-refractivity contribution < 1.29 is 19.3 Å². The van der Waals surface area contributed by atoms with Crippen molar-refractivity contribution in [2.75, 3.05) is 19.7 Å². The predicted molar refractivity (Wildman–Crippen MR) is 83.9 cm³/mol. The fourth-order valence-electron chi connectivity index (χ4n) is 1.91. The quantitative estimate of drug-likeness (QED) is 0.727. The Morgan fingerprint density at radius 1 is 1.36 bits per heavy atom. The van der Waals surface area contributed by atoms with Crippen LogP contribution in [-0.4, -0.2) is 25.6 Å². The Morgan fingerprint density at radius 3 is 2.82 bits per heavy atom. The molecule has 1 heterocycles. The maximum absolute atomic E-state index is 11.7. The van der Waals surface area contributed by atoms with E-state index in [1.165, 1.54) is 0 Å². The first-order valence-corrected chi connectivity index (χ1v) is 7.55. The Hall–Kier alpha value is -1.98. The van der Waals surface area contributed by atoms with Crippen LogP contribution in [-0.2, 0) is 4.79 Å². The van der Waals surface area contributed by atoms with E-state index in [0.717, 1.165) is 11.5 Å². The Kier molecular flexibility index (Phi) is 6.30. The number of amides is 1. The second kappa shape index (κ2) is 8.46. The maximum Gasteiger partial charge on any atom is 0.275 e. The number of rotatable bonds is 8. The Bertz CT molecular complexity index is 570. The van der Waals surface area contributed by atoms with E-state index in [4.69, 9.17) is 20.8 Å². The van der Waals surface area contributed by atoms with Gasteiger partial charge in [-0.2, -0.15) is 0 Å². The number of furan rings is 1. The summed E-state index contributed by atoms with van der Waals surface area (Å²) in [6.45, 7) is 3.23. The maximum atomic E-state index is 11.7. The first kappa shape index (κ1) is 16.4. The molecule has 0 bridgehead atoms. The van der Waals surface area contributed by atoms with E-state index < -0.39 is 0 Å². The van der Waals surface area contributed by atoms with Crippen LogP contribution < -0.4 is 15.4 Å². The number of nitrogens with one attached hydrogen (secondary N) is 1. The summed E-state index contributed by atoms with van der Waals surface area (Å²) in [6.07, 6.45) is 1.63. The molecule has 1 amide bonds. The van der Waals surface area contributed by atoms with E-state index in [-0.39, 0.29) is 11.9 Å². The lowest BCUT2D eigenvalue weighted by Crippen LogP contribution is -2.87. The predicted octanol–water partition coefficient (Wildman–Crippen LogP) is 1.75. The zero-order valence-corrected chi connectivity index (χ0v) is 13.2. The normalized spacial score (nSPS) is 11.9. The van der Waals surface area contributed by atoms with Gasteiger partial charge in [-0.3, -0.25) is 4.79 Å². The summed E-state index contributed by atoms with van der Waals surface area (Å²) in [5, 5.41) is 5.41. The smallest absolute Gasteiger partial charge is 0.275 e. The van der Waals surface area contributed by atoms with Crippen molar-refractivity contribution in [3.8, 4) is 5.75 Å². The number of hydrogen-bond acceptors (Lipinski definition) is 3. The van der Waals surface area contributed by atoms with Crippen LogP contribution in [0.25, 0.3) is 0 Å². The molecular weight excluding hydrogens is 304 g/mol. The number of carbonyl (C=O) groups is 1. The van der Waals surface area contributed by atoms with Crippen molar-refractivity contribution >= 4 is 17.5 Å². The van der Waals surface area contributed by atoms with Gasteiger partial charge in [-0.1, -0.05) is 11.6 Å². The fourth-order valence-corrected chi connectivity index (χ4v) is 2.04. The number of carbonyl (C=O) groups excluding carboxylic acids is 1. The number of nitrogens with two attached hydrogens (primary N) is 1. The van der Waals surface area contributed by atoms with Gasteiger partial charge in [0, 0.05) is 5.02 Å². The Labute approximate surface area is 134 Å². The van der Waals surface area contributed by atoms with Gasteiger partial charge in [0.05, 0.1) is 12.8 Å². The SMILES string of the molecule is C[C@H]([NH2+]CC(=O)NCCOc1ccc(Cl)cc1)c1ccco1. The third-order valence-corrected chi connectivity index (χ3v) is 3.41. The average Bonchev–Trinajstić information content (AvgIpc) is 3.05. The standard InChI is InChI=1S/C16H19ClN2O3/c1-12(15-3-2-9-22-15)19-11-16(20)18-8-10-21-14-6-4-13(17)5-7-14/h2-7,9,12,19H,8,10-11H2,1H3,(H,18,20)/p+1/t12-/m0/s1. The van der Waals surface area contributed by atoms with Crippen LogP contribution in [0.2, 0.25) is 5.02 Å². The summed E-state index contributed by atoms with van der Waals surface area (Å²) in [5.41, 5.74) is 0. The van der Waals surface area contributed by atoms with Crippen molar-refractivity contribution in [2.24, 2.45) is 0 Å². The van der Waals surface area contributed by atoms with Gasteiger partial charge in [-0.05, 0) is 43.3 Å². The molecular formula is C16H20ClN2O3+. The lowest BCUT2D eigenvalue weighted by Gasteiger charge is -2.09. The molecule has 0 aliphatic carbocycles. The minimum atomic E-state index is -0.0295. The van der Waals surface area contributed by atoms with Gasteiger partial charge in [-0.25, -0.2) is 0 Å². The fraction of sp³-hybridized carbons (Fsp3) is 0.312. The van der Waals surface area contributed by atoms with Gasteiger partial charge in [0.15, 0.2) is 12.3 Å². The topological polar surface area (TPSA) is 68.1 Å². The van der Waals surface area contributed by atoms with Gasteiger partial charge >= 0.3 is 0 Å². The van der Waals surface area contributed by atoms with Crippen LogP contribution in [0.3, 0.4) is 0 Å². The molecule has 1 aromatic heterocycles. The third kappa shape index (κ3) is 5.42. The summed E-state index contributed by atoms with van der Waals surface area (Å²) in [6, 6.07) is 11.0. The Balaban J connectivity index is 1.58. The highest BCUT2D eigenvalue weighted by molar-refractivity contribution is 6.30. The summed E-state index contributed by atoms with van der Waals surface area (Å²) in [4.78, 5) is 11.7. The van der Waals surface area contributed by atoms with Crippen LogP contribution in [0.15, 0.2) is 47.1 Å². The van der Waals surface area contributed by atoms with Crippen LogP contribution in [0, 0.1) is 0 Å². The van der Waals surface area contributed by atoms with Crippen molar-refractivity contribution in [1.29, 1.82) is 0 Å². The number of quaternary nitrogens is 1. The van der Waals surface area contributed by atoms with E-state index >= 15 is 0 Å². The highest BCUT2D eigenvalue weighted by Crippen LogP contribution is 2.15. The molecule has 6 heteroatoms. The molecule has 1 atom stereocenters. The van der Waals surface area contributed by atoms with E-state index in [0.29, 0.717) is 24.7 Å². The summed E-state index contributed by atoms with van der Waals surface area (Å²) in [7, 11) is 0.